The average Bonchev–Trinajstić information content (AvgIpc) is 2.99. The SMILES string of the molecule is CC(NC(=O)N(C)CC12CC3CC(CC(C3)C1)C2)C1CCCO1. The van der Waals surface area contributed by atoms with Gasteiger partial charge < -0.3 is 15.0 Å². The summed E-state index contributed by atoms with van der Waals surface area (Å²) < 4.78 is 5.70. The molecule has 0 aromatic heterocycles. The quantitative estimate of drug-likeness (QED) is 0.862. The van der Waals surface area contributed by atoms with Crippen LogP contribution in [0.5, 0.6) is 0 Å². The Bertz CT molecular complexity index is 423. The van der Waals surface area contributed by atoms with Crippen molar-refractivity contribution in [1.29, 1.82) is 0 Å². The van der Waals surface area contributed by atoms with Gasteiger partial charge in [0.25, 0.3) is 0 Å². The van der Waals surface area contributed by atoms with Gasteiger partial charge in [0.05, 0.1) is 12.1 Å². The zero-order valence-electron chi connectivity index (χ0n) is 14.7. The van der Waals surface area contributed by atoms with Gasteiger partial charge in [0.2, 0.25) is 0 Å². The Morgan fingerprint density at radius 3 is 2.35 bits per heavy atom. The highest BCUT2D eigenvalue weighted by molar-refractivity contribution is 5.74. The van der Waals surface area contributed by atoms with Crippen molar-refractivity contribution >= 4 is 6.03 Å². The maximum Gasteiger partial charge on any atom is 0.317 e. The fourth-order valence-electron chi connectivity index (χ4n) is 6.45. The minimum Gasteiger partial charge on any atom is -0.376 e. The van der Waals surface area contributed by atoms with E-state index in [0.717, 1.165) is 43.7 Å². The van der Waals surface area contributed by atoms with Gasteiger partial charge in [-0.2, -0.15) is 0 Å². The van der Waals surface area contributed by atoms with E-state index in [-0.39, 0.29) is 18.2 Å². The highest BCUT2D eigenvalue weighted by atomic mass is 16.5. The number of hydrogen-bond acceptors (Lipinski definition) is 2. The third kappa shape index (κ3) is 3.11. The summed E-state index contributed by atoms with van der Waals surface area (Å²) in [5, 5.41) is 3.17. The largest absolute Gasteiger partial charge is 0.376 e. The average molecular weight is 320 g/mol. The van der Waals surface area contributed by atoms with E-state index in [0.29, 0.717) is 5.41 Å². The number of nitrogens with one attached hydrogen (secondary N) is 1. The van der Waals surface area contributed by atoms with E-state index in [1.54, 1.807) is 0 Å². The van der Waals surface area contributed by atoms with Gasteiger partial charge in [0.1, 0.15) is 0 Å². The van der Waals surface area contributed by atoms with Gasteiger partial charge in [-0.05, 0) is 81.5 Å². The molecule has 4 heteroatoms. The first kappa shape index (κ1) is 15.7. The molecule has 0 radical (unpaired) electrons. The van der Waals surface area contributed by atoms with Gasteiger partial charge in [-0.25, -0.2) is 4.79 Å². The first-order valence-electron chi connectivity index (χ1n) is 9.66. The molecule has 5 aliphatic rings. The first-order chi connectivity index (χ1) is 11.0. The number of rotatable bonds is 4. The van der Waals surface area contributed by atoms with E-state index >= 15 is 0 Å². The number of carbonyl (C=O) groups excluding carboxylic acids is 1. The summed E-state index contributed by atoms with van der Waals surface area (Å²) in [5.41, 5.74) is 0.425. The van der Waals surface area contributed by atoms with Crippen molar-refractivity contribution in [2.45, 2.75) is 70.4 Å². The molecular formula is C19H32N2O2. The molecule has 2 atom stereocenters. The van der Waals surface area contributed by atoms with Crippen LogP contribution in [0.3, 0.4) is 0 Å². The number of carbonyl (C=O) groups is 1. The Balaban J connectivity index is 1.34. The van der Waals surface area contributed by atoms with Crippen LogP contribution in [0, 0.1) is 23.2 Å². The second-order valence-corrected chi connectivity index (χ2v) is 9.06. The Hall–Kier alpha value is -0.770. The van der Waals surface area contributed by atoms with E-state index in [4.69, 9.17) is 4.74 Å². The molecule has 23 heavy (non-hydrogen) atoms. The highest BCUT2D eigenvalue weighted by Gasteiger charge is 2.51. The predicted octanol–water partition coefficient (Wildman–Crippen LogP) is 3.41. The summed E-state index contributed by atoms with van der Waals surface area (Å²) >= 11 is 0. The molecule has 0 aromatic rings. The van der Waals surface area contributed by atoms with Gasteiger partial charge >= 0.3 is 6.03 Å². The molecule has 2 amide bonds. The molecule has 1 heterocycles. The smallest absolute Gasteiger partial charge is 0.317 e. The first-order valence-corrected chi connectivity index (χ1v) is 9.66. The Labute approximate surface area is 140 Å². The standard InChI is InChI=1S/C19H32N2O2/c1-13(17-4-3-5-23-17)20-18(22)21(2)12-19-9-14-6-15(10-19)8-16(7-14)11-19/h13-17H,3-12H2,1-2H3,(H,20,22). The number of hydrogen-bond donors (Lipinski definition) is 1. The topological polar surface area (TPSA) is 41.6 Å². The number of amides is 2. The van der Waals surface area contributed by atoms with Crippen LogP contribution < -0.4 is 5.32 Å². The van der Waals surface area contributed by atoms with Crippen LogP contribution in [0.25, 0.3) is 0 Å². The Morgan fingerprint density at radius 2 is 1.83 bits per heavy atom. The third-order valence-electron chi connectivity index (χ3n) is 6.96. The minimum atomic E-state index is 0.0868. The molecule has 1 saturated heterocycles. The van der Waals surface area contributed by atoms with Gasteiger partial charge in [-0.3, -0.25) is 0 Å². The van der Waals surface area contributed by atoms with Crippen LogP contribution in [0.15, 0.2) is 0 Å². The summed E-state index contributed by atoms with van der Waals surface area (Å²) in [6.07, 6.45) is 10.9. The van der Waals surface area contributed by atoms with E-state index in [1.807, 2.05) is 11.9 Å². The minimum absolute atomic E-state index is 0.0868. The Kier molecular flexibility index (Phi) is 4.07. The van der Waals surface area contributed by atoms with E-state index in [1.165, 1.54) is 38.5 Å². The van der Waals surface area contributed by atoms with Crippen LogP contribution >= 0.6 is 0 Å². The van der Waals surface area contributed by atoms with Crippen molar-refractivity contribution < 1.29 is 9.53 Å². The highest BCUT2D eigenvalue weighted by Crippen LogP contribution is 2.60. The molecule has 1 aliphatic heterocycles. The van der Waals surface area contributed by atoms with Crippen LogP contribution in [-0.4, -0.2) is 43.3 Å². The van der Waals surface area contributed by atoms with E-state index < -0.39 is 0 Å². The molecule has 4 nitrogen and oxygen atoms in total. The summed E-state index contributed by atoms with van der Waals surface area (Å²) in [5.74, 6) is 2.84. The summed E-state index contributed by atoms with van der Waals surface area (Å²) in [4.78, 5) is 14.6. The van der Waals surface area contributed by atoms with Crippen molar-refractivity contribution in [3.05, 3.63) is 0 Å². The fraction of sp³-hybridized carbons (Fsp3) is 0.947. The van der Waals surface area contributed by atoms with Gasteiger partial charge in [-0.15, -0.1) is 0 Å². The maximum absolute atomic E-state index is 12.6. The zero-order valence-corrected chi connectivity index (χ0v) is 14.7. The van der Waals surface area contributed by atoms with Crippen LogP contribution in [0.4, 0.5) is 4.79 Å². The normalized spacial score (nSPS) is 42.7. The van der Waals surface area contributed by atoms with Crippen molar-refractivity contribution in [3.63, 3.8) is 0 Å². The molecule has 0 aromatic carbocycles. The van der Waals surface area contributed by atoms with Crippen LogP contribution in [0.1, 0.15) is 58.3 Å². The summed E-state index contributed by atoms with van der Waals surface area (Å²) in [6, 6.07) is 0.201. The Morgan fingerprint density at radius 1 is 1.22 bits per heavy atom. The molecule has 4 aliphatic carbocycles. The van der Waals surface area contributed by atoms with Crippen molar-refractivity contribution in [2.24, 2.45) is 23.2 Å². The molecule has 1 N–H and O–H groups in total. The lowest BCUT2D eigenvalue weighted by Gasteiger charge is -2.57. The number of nitrogens with zero attached hydrogens (tertiary/aromatic N) is 1. The maximum atomic E-state index is 12.6. The molecule has 5 rings (SSSR count). The second-order valence-electron chi connectivity index (χ2n) is 9.06. The van der Waals surface area contributed by atoms with Crippen molar-refractivity contribution in [1.82, 2.24) is 10.2 Å². The molecule has 0 spiro atoms. The summed E-state index contributed by atoms with van der Waals surface area (Å²) in [6.45, 7) is 3.86. The van der Waals surface area contributed by atoms with E-state index in [2.05, 4.69) is 12.2 Å². The third-order valence-corrected chi connectivity index (χ3v) is 6.96. The van der Waals surface area contributed by atoms with Crippen molar-refractivity contribution in [2.75, 3.05) is 20.2 Å². The lowest BCUT2D eigenvalue weighted by Crippen LogP contribution is -2.54. The van der Waals surface area contributed by atoms with Gasteiger partial charge in [0.15, 0.2) is 0 Å². The monoisotopic (exact) mass is 320 g/mol. The molecule has 130 valence electrons. The lowest BCUT2D eigenvalue weighted by atomic mass is 9.49. The molecule has 4 saturated carbocycles. The molecule has 5 fully saturated rings. The van der Waals surface area contributed by atoms with E-state index in [9.17, 15) is 4.79 Å². The van der Waals surface area contributed by atoms with Gasteiger partial charge in [-0.1, -0.05) is 0 Å². The van der Waals surface area contributed by atoms with Gasteiger partial charge in [0, 0.05) is 20.2 Å². The van der Waals surface area contributed by atoms with Crippen molar-refractivity contribution in [3.8, 4) is 0 Å². The number of ether oxygens (including phenoxy) is 1. The van der Waals surface area contributed by atoms with Crippen LogP contribution in [-0.2, 0) is 4.74 Å². The second kappa shape index (κ2) is 5.94. The lowest BCUT2D eigenvalue weighted by molar-refractivity contribution is -0.0618. The summed E-state index contributed by atoms with van der Waals surface area (Å²) in [7, 11) is 1.98. The number of urea groups is 1. The fourth-order valence-corrected chi connectivity index (χ4v) is 6.45. The zero-order chi connectivity index (χ0) is 16.0. The molecule has 2 unspecified atom stereocenters. The predicted molar refractivity (Wildman–Crippen MR) is 90.2 cm³/mol. The molecule has 4 bridgehead atoms. The molecular weight excluding hydrogens is 288 g/mol. The van der Waals surface area contributed by atoms with Crippen LogP contribution in [0.2, 0.25) is 0 Å².